The maximum atomic E-state index is 13.4. The first-order valence-electron chi connectivity index (χ1n) is 9.31. The molecular weight excluding hydrogens is 466 g/mol. The van der Waals surface area contributed by atoms with Crippen LogP contribution in [0.15, 0.2) is 47.5 Å². The topological polar surface area (TPSA) is 92.5 Å². The normalized spacial score (nSPS) is 15.8. The molecule has 33 heavy (non-hydrogen) atoms. The van der Waals surface area contributed by atoms with Gasteiger partial charge in [-0.25, -0.2) is 4.39 Å². The molecule has 1 aromatic heterocycles. The molecule has 2 aromatic carbocycles. The van der Waals surface area contributed by atoms with E-state index < -0.39 is 41.2 Å². The number of imide groups is 1. The minimum absolute atomic E-state index is 0.0501. The van der Waals surface area contributed by atoms with Crippen molar-refractivity contribution < 1.29 is 37.1 Å². The summed E-state index contributed by atoms with van der Waals surface area (Å²) in [6.45, 7) is -0.983. The Balaban J connectivity index is 1.62. The Morgan fingerprint density at radius 2 is 1.91 bits per heavy atom. The standard InChI is InChI=1S/C21H13F4N3O4S/c22-14-3-2-12(15(7-14)21(23,24)25)9-28-16-4-1-11(5-13(16)8-26-28)6-17-19(31)27(10-18(29)30)20(32)33-17/h1-8H,9-10H2,(H,29,30). The number of alkyl halides is 3. The van der Waals surface area contributed by atoms with Crippen LogP contribution in [-0.4, -0.2) is 43.4 Å². The number of hydrogen-bond donors (Lipinski definition) is 1. The fourth-order valence-corrected chi connectivity index (χ4v) is 4.19. The molecule has 7 nitrogen and oxygen atoms in total. The summed E-state index contributed by atoms with van der Waals surface area (Å²) in [6.07, 6.45) is -1.87. The molecule has 2 amide bonds. The summed E-state index contributed by atoms with van der Waals surface area (Å²) in [6, 6.07) is 7.25. The van der Waals surface area contributed by atoms with Gasteiger partial charge in [0.1, 0.15) is 12.4 Å². The Kier molecular flexibility index (Phi) is 5.70. The monoisotopic (exact) mass is 479 g/mol. The first-order valence-corrected chi connectivity index (χ1v) is 10.1. The van der Waals surface area contributed by atoms with E-state index in [0.717, 1.165) is 12.1 Å². The molecule has 3 aromatic rings. The zero-order chi connectivity index (χ0) is 23.9. The lowest BCUT2D eigenvalue weighted by Crippen LogP contribution is -2.33. The number of carbonyl (C=O) groups excluding carboxylic acids is 2. The number of amides is 2. The van der Waals surface area contributed by atoms with Gasteiger partial charge in [-0.3, -0.25) is 24.0 Å². The van der Waals surface area contributed by atoms with Crippen molar-refractivity contribution in [1.82, 2.24) is 14.7 Å². The molecule has 1 saturated heterocycles. The largest absolute Gasteiger partial charge is 0.480 e. The van der Waals surface area contributed by atoms with E-state index in [4.69, 9.17) is 5.11 Å². The van der Waals surface area contributed by atoms with Crippen LogP contribution in [0.1, 0.15) is 16.7 Å². The van der Waals surface area contributed by atoms with Crippen molar-refractivity contribution >= 4 is 45.9 Å². The average molecular weight is 479 g/mol. The minimum Gasteiger partial charge on any atom is -0.480 e. The first-order chi connectivity index (χ1) is 15.5. The second kappa shape index (κ2) is 8.35. The third kappa shape index (κ3) is 4.60. The lowest BCUT2D eigenvalue weighted by molar-refractivity contribution is -0.140. The number of carboxylic acid groups (broad SMARTS) is 1. The van der Waals surface area contributed by atoms with E-state index in [1.807, 2.05) is 0 Å². The second-order valence-corrected chi connectivity index (χ2v) is 8.07. The number of benzene rings is 2. The zero-order valence-electron chi connectivity index (χ0n) is 16.5. The van der Waals surface area contributed by atoms with Crippen LogP contribution in [0.4, 0.5) is 22.4 Å². The number of hydrogen-bond acceptors (Lipinski definition) is 5. The van der Waals surface area contributed by atoms with E-state index in [9.17, 15) is 31.9 Å². The van der Waals surface area contributed by atoms with Crippen molar-refractivity contribution in [3.8, 4) is 0 Å². The summed E-state index contributed by atoms with van der Waals surface area (Å²) >= 11 is 0.613. The average Bonchev–Trinajstić information content (AvgIpc) is 3.24. The number of carbonyl (C=O) groups is 3. The van der Waals surface area contributed by atoms with Crippen LogP contribution in [0.3, 0.4) is 0 Å². The molecule has 170 valence electrons. The number of carboxylic acids is 1. The van der Waals surface area contributed by atoms with Crippen LogP contribution in [0, 0.1) is 5.82 Å². The van der Waals surface area contributed by atoms with Gasteiger partial charge in [0, 0.05) is 5.39 Å². The molecule has 0 aliphatic carbocycles. The predicted octanol–water partition coefficient (Wildman–Crippen LogP) is 4.36. The molecule has 4 rings (SSSR count). The Morgan fingerprint density at radius 3 is 2.61 bits per heavy atom. The molecule has 1 fully saturated rings. The van der Waals surface area contributed by atoms with E-state index >= 15 is 0 Å². The predicted molar refractivity (Wildman–Crippen MR) is 111 cm³/mol. The van der Waals surface area contributed by atoms with Crippen LogP contribution < -0.4 is 0 Å². The Labute approximate surface area is 187 Å². The van der Waals surface area contributed by atoms with Gasteiger partial charge in [-0.05, 0) is 53.2 Å². The molecular formula is C21H13F4N3O4S. The van der Waals surface area contributed by atoms with Gasteiger partial charge in [0.05, 0.1) is 28.7 Å². The van der Waals surface area contributed by atoms with Crippen LogP contribution >= 0.6 is 11.8 Å². The summed E-state index contributed by atoms with van der Waals surface area (Å²) in [4.78, 5) is 35.6. The SMILES string of the molecule is O=C(O)CN1C(=O)SC(=Cc2ccc3c(cnn3Cc3ccc(F)cc3C(F)(F)F)c2)C1=O. The lowest BCUT2D eigenvalue weighted by atomic mass is 10.1. The van der Waals surface area contributed by atoms with Gasteiger partial charge in [0.25, 0.3) is 11.1 Å². The van der Waals surface area contributed by atoms with Crippen molar-refractivity contribution in [1.29, 1.82) is 0 Å². The van der Waals surface area contributed by atoms with E-state index in [1.165, 1.54) is 17.0 Å². The molecule has 1 aliphatic rings. The molecule has 12 heteroatoms. The highest BCUT2D eigenvalue weighted by molar-refractivity contribution is 8.18. The maximum Gasteiger partial charge on any atom is 0.416 e. The molecule has 0 atom stereocenters. The number of nitrogens with zero attached hydrogens (tertiary/aromatic N) is 3. The van der Waals surface area contributed by atoms with Crippen molar-refractivity contribution in [2.24, 2.45) is 0 Å². The summed E-state index contributed by atoms with van der Waals surface area (Å²) in [5.41, 5.74) is -0.214. The Morgan fingerprint density at radius 1 is 1.15 bits per heavy atom. The molecule has 0 radical (unpaired) electrons. The van der Waals surface area contributed by atoms with Gasteiger partial charge < -0.3 is 5.11 Å². The van der Waals surface area contributed by atoms with Gasteiger partial charge in [0.2, 0.25) is 0 Å². The number of aromatic nitrogens is 2. The van der Waals surface area contributed by atoms with Gasteiger partial charge in [0.15, 0.2) is 0 Å². The smallest absolute Gasteiger partial charge is 0.416 e. The molecule has 2 heterocycles. The summed E-state index contributed by atoms with van der Waals surface area (Å²) in [5, 5.41) is 12.8. The fourth-order valence-electron chi connectivity index (χ4n) is 3.36. The van der Waals surface area contributed by atoms with Crippen molar-refractivity contribution in [3.05, 3.63) is 70.0 Å². The van der Waals surface area contributed by atoms with Crippen LogP contribution in [-0.2, 0) is 22.3 Å². The Hall–Kier alpha value is -3.67. The Bertz CT molecular complexity index is 1330. The first kappa shape index (κ1) is 22.5. The number of fused-ring (bicyclic) bond motifs is 1. The van der Waals surface area contributed by atoms with Gasteiger partial charge >= 0.3 is 12.1 Å². The molecule has 1 N–H and O–H groups in total. The van der Waals surface area contributed by atoms with E-state index in [1.54, 1.807) is 18.2 Å². The maximum absolute atomic E-state index is 13.4. The van der Waals surface area contributed by atoms with Gasteiger partial charge in [-0.15, -0.1) is 0 Å². The number of thioether (sulfide) groups is 1. The summed E-state index contributed by atoms with van der Waals surface area (Å²) in [7, 11) is 0. The highest BCUT2D eigenvalue weighted by Crippen LogP contribution is 2.34. The van der Waals surface area contributed by atoms with Crippen molar-refractivity contribution in [2.75, 3.05) is 6.54 Å². The number of aliphatic carboxylic acids is 1. The third-order valence-electron chi connectivity index (χ3n) is 4.83. The van der Waals surface area contributed by atoms with Gasteiger partial charge in [-0.2, -0.15) is 18.3 Å². The van der Waals surface area contributed by atoms with Crippen molar-refractivity contribution in [3.63, 3.8) is 0 Å². The molecule has 0 bridgehead atoms. The second-order valence-electron chi connectivity index (χ2n) is 7.08. The molecule has 0 spiro atoms. The van der Waals surface area contributed by atoms with Crippen molar-refractivity contribution in [2.45, 2.75) is 12.7 Å². The third-order valence-corrected chi connectivity index (χ3v) is 5.74. The van der Waals surface area contributed by atoms with Crippen LogP contribution in [0.2, 0.25) is 0 Å². The van der Waals surface area contributed by atoms with Crippen LogP contribution in [0.5, 0.6) is 0 Å². The molecule has 0 unspecified atom stereocenters. The van der Waals surface area contributed by atoms with E-state index in [-0.39, 0.29) is 17.0 Å². The quantitative estimate of drug-likeness (QED) is 0.432. The number of rotatable bonds is 5. The molecule has 1 aliphatic heterocycles. The highest BCUT2D eigenvalue weighted by Gasteiger charge is 2.36. The minimum atomic E-state index is -4.73. The van der Waals surface area contributed by atoms with E-state index in [0.29, 0.717) is 39.2 Å². The summed E-state index contributed by atoms with van der Waals surface area (Å²) in [5.74, 6) is -3.03. The van der Waals surface area contributed by atoms with Crippen LogP contribution in [0.25, 0.3) is 17.0 Å². The van der Waals surface area contributed by atoms with Gasteiger partial charge in [-0.1, -0.05) is 12.1 Å². The fraction of sp³-hybridized carbons (Fsp3) is 0.143. The zero-order valence-corrected chi connectivity index (χ0v) is 17.3. The van der Waals surface area contributed by atoms with E-state index in [2.05, 4.69) is 5.10 Å². The number of halogens is 4. The summed E-state index contributed by atoms with van der Waals surface area (Å²) < 4.78 is 54.5. The molecule has 0 saturated carbocycles. The lowest BCUT2D eigenvalue weighted by Gasteiger charge is -2.13. The highest BCUT2D eigenvalue weighted by atomic mass is 32.2.